The molecule has 2 aromatic carbocycles. The highest BCUT2D eigenvalue weighted by molar-refractivity contribution is 6.33. The Morgan fingerprint density at radius 3 is 2.44 bits per heavy atom. The summed E-state index contributed by atoms with van der Waals surface area (Å²) in [5.74, 6) is -0.214. The second-order valence-corrected chi connectivity index (χ2v) is 6.04. The lowest BCUT2D eigenvalue weighted by Crippen LogP contribution is -2.48. The maximum absolute atomic E-state index is 12.6. The van der Waals surface area contributed by atoms with Gasteiger partial charge < -0.3 is 14.5 Å². The van der Waals surface area contributed by atoms with Gasteiger partial charge in [0.05, 0.1) is 10.7 Å². The van der Waals surface area contributed by atoms with Gasteiger partial charge in [0.2, 0.25) is 0 Å². The van der Waals surface area contributed by atoms with Gasteiger partial charge in [-0.25, -0.2) is 0 Å². The van der Waals surface area contributed by atoms with Crippen molar-refractivity contribution < 1.29 is 18.3 Å². The van der Waals surface area contributed by atoms with Crippen LogP contribution in [0.3, 0.4) is 0 Å². The summed E-state index contributed by atoms with van der Waals surface area (Å²) < 4.78 is 29.0. The standard InChI is InChI=1S/C18H17ClF2N2O2/c19-15-6-1-2-7-16(15)22-8-10-23(11-9-22)17(24)13-4-3-5-14(12-13)25-18(20)21/h1-7,12,18H,8-11H2. The summed E-state index contributed by atoms with van der Waals surface area (Å²) in [6.07, 6.45) is 0. The number of anilines is 1. The fourth-order valence-electron chi connectivity index (χ4n) is 2.85. The van der Waals surface area contributed by atoms with E-state index in [0.717, 1.165) is 5.69 Å². The number of ether oxygens (including phenoxy) is 1. The maximum atomic E-state index is 12.6. The second kappa shape index (κ2) is 7.70. The third-order valence-electron chi connectivity index (χ3n) is 4.07. The molecule has 1 aliphatic heterocycles. The lowest BCUT2D eigenvalue weighted by Gasteiger charge is -2.36. The molecule has 1 aliphatic rings. The summed E-state index contributed by atoms with van der Waals surface area (Å²) in [7, 11) is 0. The summed E-state index contributed by atoms with van der Waals surface area (Å²) in [6, 6.07) is 13.5. The Labute approximate surface area is 149 Å². The minimum absolute atomic E-state index is 0.0180. The van der Waals surface area contributed by atoms with Crippen LogP contribution < -0.4 is 9.64 Å². The Morgan fingerprint density at radius 2 is 1.76 bits per heavy atom. The molecular formula is C18H17ClF2N2O2. The maximum Gasteiger partial charge on any atom is 0.387 e. The van der Waals surface area contributed by atoms with Crippen LogP contribution in [0.5, 0.6) is 5.75 Å². The zero-order chi connectivity index (χ0) is 17.8. The molecule has 0 aliphatic carbocycles. The van der Waals surface area contributed by atoms with Crippen molar-refractivity contribution in [2.45, 2.75) is 6.61 Å². The van der Waals surface area contributed by atoms with E-state index < -0.39 is 6.61 Å². The number of para-hydroxylation sites is 1. The molecule has 3 rings (SSSR count). The van der Waals surface area contributed by atoms with Crippen molar-refractivity contribution in [2.75, 3.05) is 31.1 Å². The van der Waals surface area contributed by atoms with Crippen molar-refractivity contribution in [2.24, 2.45) is 0 Å². The van der Waals surface area contributed by atoms with Crippen LogP contribution in [-0.4, -0.2) is 43.6 Å². The number of halogens is 3. The van der Waals surface area contributed by atoms with E-state index in [1.165, 1.54) is 18.2 Å². The van der Waals surface area contributed by atoms with Gasteiger partial charge in [0.1, 0.15) is 5.75 Å². The predicted octanol–water partition coefficient (Wildman–Crippen LogP) is 3.90. The van der Waals surface area contributed by atoms with E-state index in [4.69, 9.17) is 11.6 Å². The average Bonchev–Trinajstić information content (AvgIpc) is 2.61. The quantitative estimate of drug-likeness (QED) is 0.822. The third-order valence-corrected chi connectivity index (χ3v) is 4.39. The largest absolute Gasteiger partial charge is 0.435 e. The van der Waals surface area contributed by atoms with Crippen molar-refractivity contribution in [3.63, 3.8) is 0 Å². The molecule has 2 aromatic rings. The topological polar surface area (TPSA) is 32.8 Å². The van der Waals surface area contributed by atoms with E-state index in [-0.39, 0.29) is 11.7 Å². The molecule has 4 nitrogen and oxygen atoms in total. The van der Waals surface area contributed by atoms with E-state index in [1.54, 1.807) is 11.0 Å². The molecule has 0 radical (unpaired) electrons. The number of hydrogen-bond acceptors (Lipinski definition) is 3. The molecule has 0 aromatic heterocycles. The third kappa shape index (κ3) is 4.20. The zero-order valence-electron chi connectivity index (χ0n) is 13.4. The Kier molecular flexibility index (Phi) is 5.38. The Bertz CT molecular complexity index is 749. The number of rotatable bonds is 4. The van der Waals surface area contributed by atoms with Gasteiger partial charge in [-0.05, 0) is 30.3 Å². The molecule has 1 amide bonds. The zero-order valence-corrected chi connectivity index (χ0v) is 14.1. The molecule has 0 bridgehead atoms. The molecule has 1 saturated heterocycles. The van der Waals surface area contributed by atoms with Crippen molar-refractivity contribution in [1.82, 2.24) is 4.90 Å². The lowest BCUT2D eigenvalue weighted by molar-refractivity contribution is -0.0499. The number of piperazine rings is 1. The number of nitrogens with zero attached hydrogens (tertiary/aromatic N) is 2. The first kappa shape index (κ1) is 17.5. The molecular weight excluding hydrogens is 350 g/mol. The van der Waals surface area contributed by atoms with Crippen LogP contribution >= 0.6 is 11.6 Å². The molecule has 1 fully saturated rings. The summed E-state index contributed by atoms with van der Waals surface area (Å²) in [6.45, 7) is -0.538. The van der Waals surface area contributed by atoms with Crippen LogP contribution in [0.25, 0.3) is 0 Å². The van der Waals surface area contributed by atoms with Crippen molar-refractivity contribution in [1.29, 1.82) is 0 Å². The molecule has 132 valence electrons. The minimum Gasteiger partial charge on any atom is -0.435 e. The Hall–Kier alpha value is -2.34. The first-order chi connectivity index (χ1) is 12.0. The number of amides is 1. The van der Waals surface area contributed by atoms with E-state index in [1.807, 2.05) is 24.3 Å². The molecule has 1 heterocycles. The van der Waals surface area contributed by atoms with Gasteiger partial charge in [-0.3, -0.25) is 4.79 Å². The number of benzene rings is 2. The van der Waals surface area contributed by atoms with Crippen molar-refractivity contribution in [3.05, 3.63) is 59.1 Å². The summed E-state index contributed by atoms with van der Waals surface area (Å²) >= 11 is 6.21. The van der Waals surface area contributed by atoms with Gasteiger partial charge >= 0.3 is 6.61 Å². The fourth-order valence-corrected chi connectivity index (χ4v) is 3.10. The smallest absolute Gasteiger partial charge is 0.387 e. The molecule has 0 unspecified atom stereocenters. The van der Waals surface area contributed by atoms with Crippen LogP contribution in [0, 0.1) is 0 Å². The van der Waals surface area contributed by atoms with Gasteiger partial charge in [-0.2, -0.15) is 8.78 Å². The van der Waals surface area contributed by atoms with Gasteiger partial charge in [0, 0.05) is 31.7 Å². The van der Waals surface area contributed by atoms with Gasteiger partial charge in [0.15, 0.2) is 0 Å². The van der Waals surface area contributed by atoms with E-state index in [9.17, 15) is 13.6 Å². The first-order valence-electron chi connectivity index (χ1n) is 7.88. The summed E-state index contributed by atoms with van der Waals surface area (Å²) in [5, 5.41) is 0.680. The van der Waals surface area contributed by atoms with E-state index in [2.05, 4.69) is 9.64 Å². The van der Waals surface area contributed by atoms with Gasteiger partial charge in [0.25, 0.3) is 5.91 Å². The predicted molar refractivity (Wildman–Crippen MR) is 92.6 cm³/mol. The van der Waals surface area contributed by atoms with E-state index >= 15 is 0 Å². The average molecular weight is 367 g/mol. The number of alkyl halides is 2. The van der Waals surface area contributed by atoms with Crippen LogP contribution in [0.1, 0.15) is 10.4 Å². The Balaban J connectivity index is 1.65. The van der Waals surface area contributed by atoms with E-state index in [0.29, 0.717) is 36.8 Å². The minimum atomic E-state index is -2.91. The number of carbonyl (C=O) groups is 1. The SMILES string of the molecule is O=C(c1cccc(OC(F)F)c1)N1CCN(c2ccccc2Cl)CC1. The second-order valence-electron chi connectivity index (χ2n) is 5.64. The molecule has 0 saturated carbocycles. The van der Waals surface area contributed by atoms with Crippen LogP contribution in [0.2, 0.25) is 5.02 Å². The molecule has 0 spiro atoms. The van der Waals surface area contributed by atoms with Crippen LogP contribution in [0.15, 0.2) is 48.5 Å². The fraction of sp³-hybridized carbons (Fsp3) is 0.278. The number of hydrogen-bond donors (Lipinski definition) is 0. The summed E-state index contributed by atoms with van der Waals surface area (Å²) in [5.41, 5.74) is 1.29. The Morgan fingerprint density at radius 1 is 1.04 bits per heavy atom. The lowest BCUT2D eigenvalue weighted by atomic mass is 10.1. The van der Waals surface area contributed by atoms with Gasteiger partial charge in [-0.15, -0.1) is 0 Å². The number of carbonyl (C=O) groups excluding carboxylic acids is 1. The van der Waals surface area contributed by atoms with Crippen molar-refractivity contribution in [3.8, 4) is 5.75 Å². The highest BCUT2D eigenvalue weighted by Gasteiger charge is 2.23. The first-order valence-corrected chi connectivity index (χ1v) is 8.26. The highest BCUT2D eigenvalue weighted by Crippen LogP contribution is 2.26. The highest BCUT2D eigenvalue weighted by atomic mass is 35.5. The van der Waals surface area contributed by atoms with Crippen molar-refractivity contribution >= 4 is 23.2 Å². The van der Waals surface area contributed by atoms with Crippen LogP contribution in [0.4, 0.5) is 14.5 Å². The van der Waals surface area contributed by atoms with Gasteiger partial charge in [-0.1, -0.05) is 29.8 Å². The normalized spacial score (nSPS) is 14.7. The van der Waals surface area contributed by atoms with Crippen LogP contribution in [-0.2, 0) is 0 Å². The molecule has 7 heteroatoms. The summed E-state index contributed by atoms with van der Waals surface area (Å²) in [4.78, 5) is 16.4. The molecule has 0 N–H and O–H groups in total. The molecule has 25 heavy (non-hydrogen) atoms. The molecule has 0 atom stereocenters. The monoisotopic (exact) mass is 366 g/mol.